The molecular weight excluding hydrogens is 515 g/mol. The second-order valence-corrected chi connectivity index (χ2v) is 12.5. The van der Waals surface area contributed by atoms with Crippen molar-refractivity contribution in [2.75, 3.05) is 43.4 Å². The minimum absolute atomic E-state index is 0.0504. The molecule has 9 nitrogen and oxygen atoms in total. The number of nitrogens with zero attached hydrogens (tertiary/aromatic N) is 6. The molecule has 202 valence electrons. The third-order valence-corrected chi connectivity index (χ3v) is 9.98. The van der Waals surface area contributed by atoms with Gasteiger partial charge in [0.2, 0.25) is 0 Å². The fourth-order valence-electron chi connectivity index (χ4n) is 7.30. The number of halogens is 1. The molecule has 3 N–H and O–H groups in total. The van der Waals surface area contributed by atoms with Gasteiger partial charge < -0.3 is 20.7 Å². The van der Waals surface area contributed by atoms with Gasteiger partial charge in [-0.05, 0) is 57.7 Å². The first kappa shape index (κ1) is 23.7. The first-order valence-corrected chi connectivity index (χ1v) is 14.8. The van der Waals surface area contributed by atoms with E-state index in [1.54, 1.807) is 6.20 Å². The van der Waals surface area contributed by atoms with Crippen LogP contribution in [0.25, 0.3) is 32.4 Å². The predicted molar refractivity (Wildman–Crippen MR) is 151 cm³/mol. The zero-order valence-corrected chi connectivity index (χ0v) is 22.5. The minimum atomic E-state index is -0.486. The van der Waals surface area contributed by atoms with E-state index in [1.165, 1.54) is 24.2 Å². The molecule has 11 heteroatoms. The highest BCUT2D eigenvalue weighted by atomic mass is 32.1. The van der Waals surface area contributed by atoms with Gasteiger partial charge in [0.05, 0.1) is 21.1 Å². The molecule has 1 aromatic carbocycles. The number of rotatable bonds is 5. The quantitative estimate of drug-likeness (QED) is 0.385. The molecule has 2 atom stereocenters. The lowest BCUT2D eigenvalue weighted by Crippen LogP contribution is -2.51. The molecule has 4 aliphatic heterocycles. The molecule has 0 saturated carbocycles. The molecule has 2 unspecified atom stereocenters. The Kier molecular flexibility index (Phi) is 5.43. The van der Waals surface area contributed by atoms with Crippen LogP contribution in [0.2, 0.25) is 0 Å². The number of piperazine rings is 1. The summed E-state index contributed by atoms with van der Waals surface area (Å²) in [6, 6.07) is 6.71. The Labute approximate surface area is 229 Å². The van der Waals surface area contributed by atoms with Crippen LogP contribution >= 0.6 is 11.3 Å². The Morgan fingerprint density at radius 1 is 1.08 bits per heavy atom. The van der Waals surface area contributed by atoms with E-state index in [1.807, 2.05) is 18.2 Å². The third-order valence-electron chi connectivity index (χ3n) is 9.13. The predicted octanol–water partition coefficient (Wildman–Crippen LogP) is 3.97. The standard InChI is InChI=1S/C28H31FN8OS/c29-21-23(18-4-1-5-20-22(18)33-26(30)39-20)31-12-19-24(21)34-27(38-15-28-8-2-10-37(28)11-3-9-28)35-25(19)36-13-16-6-7-17(14-36)32-16/h1,4-5,12,16-17,32H,2-3,6-11,13-15H2,(H2,30,33). The number of aromatic nitrogens is 4. The van der Waals surface area contributed by atoms with Gasteiger partial charge in [-0.25, -0.2) is 9.37 Å². The van der Waals surface area contributed by atoms with Crippen molar-refractivity contribution in [2.45, 2.75) is 56.1 Å². The SMILES string of the molecule is Nc1nc2c(-c3ncc4c(N5CC6CCC(C5)N6)nc(OCC56CCCN5CCC6)nc4c3F)cccc2s1. The van der Waals surface area contributed by atoms with Gasteiger partial charge in [-0.15, -0.1) is 0 Å². The van der Waals surface area contributed by atoms with E-state index < -0.39 is 5.82 Å². The summed E-state index contributed by atoms with van der Waals surface area (Å²) in [4.78, 5) is 23.4. The lowest BCUT2D eigenvalue weighted by molar-refractivity contribution is 0.108. The monoisotopic (exact) mass is 546 g/mol. The maximum atomic E-state index is 16.4. The van der Waals surface area contributed by atoms with Crippen molar-refractivity contribution in [3.8, 4) is 17.3 Å². The Bertz CT molecular complexity index is 1570. The lowest BCUT2D eigenvalue weighted by atomic mass is 9.95. The Morgan fingerprint density at radius 2 is 1.87 bits per heavy atom. The van der Waals surface area contributed by atoms with E-state index in [2.05, 4.69) is 30.1 Å². The number of pyridine rings is 1. The van der Waals surface area contributed by atoms with E-state index in [9.17, 15) is 0 Å². The summed E-state index contributed by atoms with van der Waals surface area (Å²) >= 11 is 1.38. The summed E-state index contributed by atoms with van der Waals surface area (Å²) in [7, 11) is 0. The van der Waals surface area contributed by atoms with Crippen LogP contribution in [0.5, 0.6) is 6.01 Å². The fraction of sp³-hybridized carbons (Fsp3) is 0.500. The number of nitrogens with two attached hydrogens (primary N) is 1. The van der Waals surface area contributed by atoms with E-state index in [-0.39, 0.29) is 22.8 Å². The number of para-hydroxylation sites is 1. The van der Waals surface area contributed by atoms with E-state index in [0.29, 0.717) is 46.1 Å². The second kappa shape index (κ2) is 8.94. The van der Waals surface area contributed by atoms with E-state index in [4.69, 9.17) is 15.5 Å². The normalized spacial score (nSPS) is 24.2. The number of hydrogen-bond acceptors (Lipinski definition) is 10. The highest BCUT2D eigenvalue weighted by molar-refractivity contribution is 7.22. The first-order chi connectivity index (χ1) is 19.1. The Hall–Kier alpha value is -3.15. The maximum Gasteiger partial charge on any atom is 0.319 e. The first-order valence-electron chi connectivity index (χ1n) is 14.0. The van der Waals surface area contributed by atoms with Crippen LogP contribution in [0.3, 0.4) is 0 Å². The topological polar surface area (TPSA) is 105 Å². The van der Waals surface area contributed by atoms with E-state index >= 15 is 4.39 Å². The summed E-state index contributed by atoms with van der Waals surface area (Å²) in [6.07, 6.45) is 8.61. The van der Waals surface area contributed by atoms with Crippen molar-refractivity contribution >= 4 is 43.4 Å². The Balaban J connectivity index is 1.24. The van der Waals surface area contributed by atoms with Gasteiger partial charge in [0, 0.05) is 36.9 Å². The maximum absolute atomic E-state index is 16.4. The Morgan fingerprint density at radius 3 is 2.67 bits per heavy atom. The molecule has 0 amide bonds. The van der Waals surface area contributed by atoms with Crippen LogP contribution < -0.4 is 20.7 Å². The molecule has 4 aliphatic rings. The average molecular weight is 547 g/mol. The largest absolute Gasteiger partial charge is 0.461 e. The molecule has 0 aliphatic carbocycles. The highest BCUT2D eigenvalue weighted by Gasteiger charge is 2.45. The van der Waals surface area contributed by atoms with Crippen molar-refractivity contribution in [3.63, 3.8) is 0 Å². The van der Waals surface area contributed by atoms with Crippen LogP contribution in [0.15, 0.2) is 24.4 Å². The van der Waals surface area contributed by atoms with Crippen LogP contribution in [0, 0.1) is 5.82 Å². The van der Waals surface area contributed by atoms with Crippen molar-refractivity contribution in [1.82, 2.24) is 30.2 Å². The van der Waals surface area contributed by atoms with Crippen LogP contribution in [0.1, 0.15) is 38.5 Å². The number of fused-ring (bicyclic) bond motifs is 5. The van der Waals surface area contributed by atoms with Crippen molar-refractivity contribution in [2.24, 2.45) is 0 Å². The zero-order chi connectivity index (χ0) is 26.1. The minimum Gasteiger partial charge on any atom is -0.461 e. The summed E-state index contributed by atoms with van der Waals surface area (Å²) in [5.41, 5.74) is 7.73. The molecule has 8 rings (SSSR count). The van der Waals surface area contributed by atoms with Gasteiger partial charge in [0.25, 0.3) is 0 Å². The smallest absolute Gasteiger partial charge is 0.319 e. The van der Waals surface area contributed by atoms with Gasteiger partial charge in [0.15, 0.2) is 10.9 Å². The van der Waals surface area contributed by atoms with E-state index in [0.717, 1.165) is 56.6 Å². The van der Waals surface area contributed by atoms with Gasteiger partial charge in [0.1, 0.15) is 23.6 Å². The van der Waals surface area contributed by atoms with Gasteiger partial charge in [-0.1, -0.05) is 23.5 Å². The molecule has 39 heavy (non-hydrogen) atoms. The number of anilines is 2. The molecule has 4 saturated heterocycles. The zero-order valence-electron chi connectivity index (χ0n) is 21.7. The molecule has 2 bridgehead atoms. The number of nitrogen functional groups attached to an aromatic ring is 1. The summed E-state index contributed by atoms with van der Waals surface area (Å²) in [5.74, 6) is 0.217. The van der Waals surface area contributed by atoms with Crippen LogP contribution in [0.4, 0.5) is 15.3 Å². The van der Waals surface area contributed by atoms with Gasteiger partial charge in [-0.3, -0.25) is 9.88 Å². The number of ether oxygens (including phenoxy) is 1. The molecular formula is C28H31FN8OS. The number of benzene rings is 1. The number of thiazole rings is 1. The lowest BCUT2D eigenvalue weighted by Gasteiger charge is -2.34. The summed E-state index contributed by atoms with van der Waals surface area (Å²) in [6.45, 7) is 4.41. The number of nitrogens with one attached hydrogen (secondary N) is 1. The summed E-state index contributed by atoms with van der Waals surface area (Å²) < 4.78 is 23.7. The fourth-order valence-corrected chi connectivity index (χ4v) is 8.06. The second-order valence-electron chi connectivity index (χ2n) is 11.5. The molecule has 0 radical (unpaired) electrons. The molecule has 3 aromatic heterocycles. The van der Waals surface area contributed by atoms with Gasteiger partial charge in [-0.2, -0.15) is 9.97 Å². The number of hydrogen-bond donors (Lipinski definition) is 2. The summed E-state index contributed by atoms with van der Waals surface area (Å²) in [5, 5.41) is 4.72. The molecule has 4 aromatic rings. The van der Waals surface area contributed by atoms with Crippen molar-refractivity contribution in [1.29, 1.82) is 0 Å². The van der Waals surface area contributed by atoms with Crippen LogP contribution in [-0.2, 0) is 0 Å². The molecule has 4 fully saturated rings. The van der Waals surface area contributed by atoms with Crippen LogP contribution in [-0.4, -0.2) is 75.2 Å². The van der Waals surface area contributed by atoms with Crippen molar-refractivity contribution < 1.29 is 9.13 Å². The van der Waals surface area contributed by atoms with Crippen molar-refractivity contribution in [3.05, 3.63) is 30.2 Å². The highest BCUT2D eigenvalue weighted by Crippen LogP contribution is 2.40. The molecule has 7 heterocycles. The third kappa shape index (κ3) is 3.85. The molecule has 0 spiro atoms. The average Bonchev–Trinajstić information content (AvgIpc) is 3.70. The van der Waals surface area contributed by atoms with Gasteiger partial charge >= 0.3 is 6.01 Å².